The van der Waals surface area contributed by atoms with E-state index >= 15 is 0 Å². The second-order valence-electron chi connectivity index (χ2n) is 12.5. The SMILES string of the molecule is Cc1cc(NC(=O)[C@@H]2[C@H]3C(=O)N(c4ccc(C5CCCCC5)cc4)[C@@H](C(=O)NCc4ccccc4)[C@@]34C=C[C@@]2(C)O4)no1. The van der Waals surface area contributed by atoms with Crippen molar-refractivity contribution < 1.29 is 23.6 Å². The molecule has 1 spiro atoms. The molecule has 7 rings (SSSR count). The lowest BCUT2D eigenvalue weighted by Crippen LogP contribution is -2.54. The lowest BCUT2D eigenvalue weighted by molar-refractivity contribution is -0.131. The molecular formula is C34H36N4O5. The van der Waals surface area contributed by atoms with Gasteiger partial charge in [-0.15, -0.1) is 0 Å². The van der Waals surface area contributed by atoms with Gasteiger partial charge in [0.1, 0.15) is 17.4 Å². The van der Waals surface area contributed by atoms with E-state index in [1.165, 1.54) is 24.8 Å². The van der Waals surface area contributed by atoms with Crippen molar-refractivity contribution >= 4 is 29.2 Å². The third kappa shape index (κ3) is 4.57. The standard InChI is InChI=1S/C34H36N4O5/c1-21-19-26(37-42-21)36-30(39)27-28-32(41)38(25-15-13-24(14-16-25)23-11-7-4-8-12-23)29(34(28)18-17-33(27,2)43-34)31(40)35-20-22-9-5-3-6-10-22/h3,5-6,9-10,13-19,23,27-29H,4,7-8,11-12,20H2,1-2H3,(H,35,40)(H,36,37,39)/t27-,28-,29-,33+,34+/m0/s1. The zero-order valence-electron chi connectivity index (χ0n) is 24.4. The summed E-state index contributed by atoms with van der Waals surface area (Å²) >= 11 is 0. The molecule has 9 heteroatoms. The van der Waals surface area contributed by atoms with Crippen LogP contribution in [0, 0.1) is 18.8 Å². The molecule has 5 atom stereocenters. The molecule has 9 nitrogen and oxygen atoms in total. The quantitative estimate of drug-likeness (QED) is 0.379. The largest absolute Gasteiger partial charge is 0.360 e. The molecule has 3 fully saturated rings. The summed E-state index contributed by atoms with van der Waals surface area (Å²) in [4.78, 5) is 43.9. The van der Waals surface area contributed by atoms with Crippen molar-refractivity contribution in [2.75, 3.05) is 10.2 Å². The minimum absolute atomic E-state index is 0.268. The second-order valence-corrected chi connectivity index (χ2v) is 12.5. The van der Waals surface area contributed by atoms with Crippen LogP contribution in [-0.2, 0) is 25.7 Å². The zero-order chi connectivity index (χ0) is 29.8. The molecule has 1 saturated carbocycles. The van der Waals surface area contributed by atoms with Gasteiger partial charge in [-0.05, 0) is 55.9 Å². The van der Waals surface area contributed by atoms with E-state index in [1.807, 2.05) is 54.6 Å². The number of rotatable bonds is 7. The number of hydrogen-bond acceptors (Lipinski definition) is 6. The van der Waals surface area contributed by atoms with Gasteiger partial charge in [0.15, 0.2) is 5.82 Å². The Morgan fingerprint density at radius 2 is 1.74 bits per heavy atom. The molecule has 3 aliphatic heterocycles. The highest BCUT2D eigenvalue weighted by Crippen LogP contribution is 2.60. The monoisotopic (exact) mass is 580 g/mol. The van der Waals surface area contributed by atoms with Crippen LogP contribution < -0.4 is 15.5 Å². The van der Waals surface area contributed by atoms with Gasteiger partial charge in [0.2, 0.25) is 17.7 Å². The summed E-state index contributed by atoms with van der Waals surface area (Å²) in [7, 11) is 0. The lowest BCUT2D eigenvalue weighted by Gasteiger charge is -2.33. The molecule has 2 aromatic carbocycles. The normalized spacial score (nSPS) is 29.6. The van der Waals surface area contributed by atoms with Crippen molar-refractivity contribution in [2.45, 2.75) is 75.7 Å². The number of nitrogens with zero attached hydrogens (tertiary/aromatic N) is 2. The third-order valence-electron chi connectivity index (χ3n) is 9.66. The highest BCUT2D eigenvalue weighted by Gasteiger charge is 2.76. The first-order valence-corrected chi connectivity index (χ1v) is 15.2. The van der Waals surface area contributed by atoms with Crippen molar-refractivity contribution in [1.29, 1.82) is 0 Å². The van der Waals surface area contributed by atoms with E-state index in [4.69, 9.17) is 9.26 Å². The molecule has 4 heterocycles. The predicted octanol–water partition coefficient (Wildman–Crippen LogP) is 5.03. The number of fused-ring (bicyclic) bond motifs is 1. The average molecular weight is 581 g/mol. The van der Waals surface area contributed by atoms with Gasteiger partial charge in [0.25, 0.3) is 0 Å². The van der Waals surface area contributed by atoms with Crippen molar-refractivity contribution in [1.82, 2.24) is 10.5 Å². The Labute approximate surface area is 250 Å². The summed E-state index contributed by atoms with van der Waals surface area (Å²) in [6.45, 7) is 3.83. The van der Waals surface area contributed by atoms with E-state index in [0.717, 1.165) is 18.4 Å². The number of aryl methyl sites for hydroxylation is 1. The Balaban J connectivity index is 1.24. The maximum atomic E-state index is 14.5. The van der Waals surface area contributed by atoms with Crippen LogP contribution in [0.2, 0.25) is 0 Å². The molecule has 43 heavy (non-hydrogen) atoms. The Hall–Kier alpha value is -4.24. The van der Waals surface area contributed by atoms with Crippen LogP contribution in [0.15, 0.2) is 77.3 Å². The summed E-state index contributed by atoms with van der Waals surface area (Å²) in [6.07, 6.45) is 9.70. The number of amides is 3. The zero-order valence-corrected chi connectivity index (χ0v) is 24.4. The topological polar surface area (TPSA) is 114 Å². The number of carbonyl (C=O) groups excluding carboxylic acids is 3. The number of hydrogen-bond donors (Lipinski definition) is 2. The molecule has 2 saturated heterocycles. The molecule has 0 radical (unpaired) electrons. The lowest BCUT2D eigenvalue weighted by atomic mass is 9.70. The van der Waals surface area contributed by atoms with Crippen LogP contribution in [0.5, 0.6) is 0 Å². The van der Waals surface area contributed by atoms with Crippen LogP contribution >= 0.6 is 0 Å². The van der Waals surface area contributed by atoms with Gasteiger partial charge < -0.3 is 19.9 Å². The fraction of sp³-hybridized carbons (Fsp3) is 0.412. The van der Waals surface area contributed by atoms with E-state index < -0.39 is 35.0 Å². The molecule has 2 bridgehead atoms. The summed E-state index contributed by atoms with van der Waals surface area (Å²) in [5.41, 5.74) is 0.430. The summed E-state index contributed by atoms with van der Waals surface area (Å²) in [5.74, 6) is -1.50. The van der Waals surface area contributed by atoms with Crippen molar-refractivity contribution in [3.63, 3.8) is 0 Å². The fourth-order valence-electron chi connectivity index (χ4n) is 7.67. The molecule has 1 aliphatic carbocycles. The van der Waals surface area contributed by atoms with Crippen LogP contribution in [0.4, 0.5) is 11.5 Å². The first kappa shape index (κ1) is 27.6. The molecule has 3 amide bonds. The molecule has 4 aliphatic rings. The smallest absolute Gasteiger partial charge is 0.246 e. The van der Waals surface area contributed by atoms with Gasteiger partial charge in [0, 0.05) is 18.3 Å². The molecule has 1 aromatic heterocycles. The molecule has 2 N–H and O–H groups in total. The Kier molecular flexibility index (Phi) is 6.73. The first-order valence-electron chi connectivity index (χ1n) is 15.2. The summed E-state index contributed by atoms with van der Waals surface area (Å²) < 4.78 is 11.8. The van der Waals surface area contributed by atoms with Gasteiger partial charge in [0.05, 0.1) is 17.4 Å². The number of carbonyl (C=O) groups is 3. The highest BCUT2D eigenvalue weighted by atomic mass is 16.5. The Bertz CT molecular complexity index is 1580. The molecule has 0 unspecified atom stereocenters. The predicted molar refractivity (Wildman–Crippen MR) is 160 cm³/mol. The number of nitrogens with one attached hydrogen (secondary N) is 2. The van der Waals surface area contributed by atoms with Gasteiger partial charge in [-0.3, -0.25) is 19.3 Å². The molecule has 3 aromatic rings. The van der Waals surface area contributed by atoms with Crippen molar-refractivity contribution in [3.8, 4) is 0 Å². The van der Waals surface area contributed by atoms with E-state index in [-0.39, 0.29) is 17.6 Å². The van der Waals surface area contributed by atoms with Gasteiger partial charge in [-0.1, -0.05) is 79.0 Å². The van der Waals surface area contributed by atoms with E-state index in [9.17, 15) is 14.4 Å². The van der Waals surface area contributed by atoms with Crippen molar-refractivity contribution in [3.05, 3.63) is 89.7 Å². The minimum atomic E-state index is -1.31. The number of aromatic nitrogens is 1. The number of benzene rings is 2. The average Bonchev–Trinajstić information content (AvgIpc) is 3.73. The van der Waals surface area contributed by atoms with Gasteiger partial charge in [-0.25, -0.2) is 0 Å². The number of anilines is 2. The maximum absolute atomic E-state index is 14.5. The van der Waals surface area contributed by atoms with Crippen LogP contribution in [0.3, 0.4) is 0 Å². The van der Waals surface area contributed by atoms with E-state index in [2.05, 4.69) is 27.9 Å². The second kappa shape index (κ2) is 10.5. The highest BCUT2D eigenvalue weighted by molar-refractivity contribution is 6.11. The maximum Gasteiger partial charge on any atom is 0.246 e. The third-order valence-corrected chi connectivity index (χ3v) is 9.66. The van der Waals surface area contributed by atoms with Crippen LogP contribution in [0.1, 0.15) is 61.8 Å². The molecule has 222 valence electrons. The van der Waals surface area contributed by atoms with Gasteiger partial charge >= 0.3 is 0 Å². The minimum Gasteiger partial charge on any atom is -0.360 e. The summed E-state index contributed by atoms with van der Waals surface area (Å²) in [5, 5.41) is 9.74. The van der Waals surface area contributed by atoms with E-state index in [1.54, 1.807) is 24.8 Å². The van der Waals surface area contributed by atoms with Crippen LogP contribution in [-0.4, -0.2) is 40.1 Å². The molecular weight excluding hydrogens is 544 g/mol. The van der Waals surface area contributed by atoms with Gasteiger partial charge in [-0.2, -0.15) is 0 Å². The van der Waals surface area contributed by atoms with Crippen LogP contribution in [0.25, 0.3) is 0 Å². The van der Waals surface area contributed by atoms with E-state index in [0.29, 0.717) is 23.9 Å². The summed E-state index contributed by atoms with van der Waals surface area (Å²) in [6, 6.07) is 18.3. The Morgan fingerprint density at radius 1 is 1.00 bits per heavy atom. The van der Waals surface area contributed by atoms with Crippen molar-refractivity contribution in [2.24, 2.45) is 11.8 Å². The first-order chi connectivity index (χ1) is 20.8. The Morgan fingerprint density at radius 3 is 2.44 bits per heavy atom. The fourth-order valence-corrected chi connectivity index (χ4v) is 7.67. The number of ether oxygens (including phenoxy) is 1.